The van der Waals surface area contributed by atoms with Gasteiger partial charge in [-0.05, 0) is 26.0 Å². The highest BCUT2D eigenvalue weighted by Crippen LogP contribution is 2.09. The van der Waals surface area contributed by atoms with Gasteiger partial charge in [0.15, 0.2) is 0 Å². The van der Waals surface area contributed by atoms with E-state index in [-0.39, 0.29) is 11.5 Å². The largest absolute Gasteiger partial charge is 0.366 e. The summed E-state index contributed by atoms with van der Waals surface area (Å²) in [4.78, 5) is 22.1. The molecular weight excluding hydrogens is 204 g/mol. The highest BCUT2D eigenvalue weighted by molar-refractivity contribution is 6.07. The van der Waals surface area contributed by atoms with Crippen LogP contribution in [0.4, 0.5) is 5.69 Å². The van der Waals surface area contributed by atoms with Gasteiger partial charge in [0.05, 0.1) is 0 Å². The SMILES string of the molecule is C/C(=C\C(N)=O)C(=O)Nc1ccc(C)cc1. The minimum Gasteiger partial charge on any atom is -0.366 e. The number of aryl methyl sites for hydroxylation is 1. The molecule has 0 aliphatic carbocycles. The van der Waals surface area contributed by atoms with Gasteiger partial charge in [-0.15, -0.1) is 0 Å². The first-order valence-electron chi connectivity index (χ1n) is 4.85. The van der Waals surface area contributed by atoms with Crippen molar-refractivity contribution in [2.45, 2.75) is 13.8 Å². The second-order valence-electron chi connectivity index (χ2n) is 3.55. The molecule has 1 aromatic rings. The summed E-state index contributed by atoms with van der Waals surface area (Å²) in [7, 11) is 0. The first-order chi connectivity index (χ1) is 7.49. The first-order valence-corrected chi connectivity index (χ1v) is 4.85. The number of nitrogens with one attached hydrogen (secondary N) is 1. The summed E-state index contributed by atoms with van der Waals surface area (Å²) in [5, 5.41) is 2.66. The molecule has 3 N–H and O–H groups in total. The van der Waals surface area contributed by atoms with E-state index < -0.39 is 5.91 Å². The fourth-order valence-corrected chi connectivity index (χ4v) is 1.15. The Morgan fingerprint density at radius 1 is 1.25 bits per heavy atom. The topological polar surface area (TPSA) is 72.2 Å². The fourth-order valence-electron chi connectivity index (χ4n) is 1.15. The number of benzene rings is 1. The van der Waals surface area contributed by atoms with Crippen molar-refractivity contribution in [1.82, 2.24) is 0 Å². The van der Waals surface area contributed by atoms with Gasteiger partial charge in [0, 0.05) is 17.3 Å². The smallest absolute Gasteiger partial charge is 0.251 e. The Balaban J connectivity index is 2.71. The molecule has 4 heteroatoms. The van der Waals surface area contributed by atoms with Crippen LogP contribution in [0.3, 0.4) is 0 Å². The minimum absolute atomic E-state index is 0.285. The number of hydrogen-bond acceptors (Lipinski definition) is 2. The van der Waals surface area contributed by atoms with E-state index in [0.29, 0.717) is 5.69 Å². The third-order valence-corrected chi connectivity index (χ3v) is 2.03. The molecule has 0 spiro atoms. The molecule has 4 nitrogen and oxygen atoms in total. The molecule has 16 heavy (non-hydrogen) atoms. The van der Waals surface area contributed by atoms with Crippen molar-refractivity contribution in [2.75, 3.05) is 5.32 Å². The molecular formula is C12H14N2O2. The van der Waals surface area contributed by atoms with Gasteiger partial charge in [-0.25, -0.2) is 0 Å². The Hall–Kier alpha value is -2.10. The lowest BCUT2D eigenvalue weighted by Gasteiger charge is -2.05. The van der Waals surface area contributed by atoms with Gasteiger partial charge in [0.25, 0.3) is 5.91 Å². The third kappa shape index (κ3) is 3.57. The van der Waals surface area contributed by atoms with Gasteiger partial charge in [0.1, 0.15) is 0 Å². The summed E-state index contributed by atoms with van der Waals surface area (Å²) >= 11 is 0. The zero-order valence-electron chi connectivity index (χ0n) is 9.28. The first kappa shape index (κ1) is 12.0. The van der Waals surface area contributed by atoms with Crippen LogP contribution in [0.15, 0.2) is 35.9 Å². The van der Waals surface area contributed by atoms with E-state index in [9.17, 15) is 9.59 Å². The number of anilines is 1. The summed E-state index contributed by atoms with van der Waals surface area (Å²) in [5.74, 6) is -0.959. The number of nitrogens with two attached hydrogens (primary N) is 1. The minimum atomic E-state index is -0.628. The molecule has 0 aliphatic heterocycles. The van der Waals surface area contributed by atoms with E-state index in [1.54, 1.807) is 12.1 Å². The standard InChI is InChI=1S/C12H14N2O2/c1-8-3-5-10(6-4-8)14-12(16)9(2)7-11(13)15/h3-7H,1-2H3,(H2,13,15)(H,14,16)/b9-7+. The van der Waals surface area contributed by atoms with Crippen LogP contribution in [0.5, 0.6) is 0 Å². The molecule has 0 aliphatic rings. The molecule has 1 aromatic carbocycles. The number of hydrogen-bond donors (Lipinski definition) is 2. The van der Waals surface area contributed by atoms with Crippen molar-refractivity contribution in [3.8, 4) is 0 Å². The van der Waals surface area contributed by atoms with E-state index in [1.165, 1.54) is 6.92 Å². The summed E-state index contributed by atoms with van der Waals surface area (Å²) in [6.45, 7) is 3.50. The van der Waals surface area contributed by atoms with Crippen molar-refractivity contribution in [2.24, 2.45) is 5.73 Å². The molecule has 0 heterocycles. The number of rotatable bonds is 3. The maximum Gasteiger partial charge on any atom is 0.251 e. The molecule has 0 aromatic heterocycles. The quantitative estimate of drug-likeness (QED) is 0.752. The number of primary amides is 1. The molecule has 84 valence electrons. The summed E-state index contributed by atoms with van der Waals surface area (Å²) in [5.41, 5.74) is 7.04. The Kier molecular flexibility index (Phi) is 3.83. The Morgan fingerprint density at radius 2 is 1.81 bits per heavy atom. The average Bonchev–Trinajstić information content (AvgIpc) is 2.20. The maximum atomic E-state index is 11.5. The summed E-state index contributed by atoms with van der Waals surface area (Å²) < 4.78 is 0. The van der Waals surface area contributed by atoms with Gasteiger partial charge in [0.2, 0.25) is 5.91 Å². The number of carbonyl (C=O) groups excluding carboxylic acids is 2. The Morgan fingerprint density at radius 3 is 2.31 bits per heavy atom. The van der Waals surface area contributed by atoms with Crippen LogP contribution in [-0.2, 0) is 9.59 Å². The van der Waals surface area contributed by atoms with E-state index in [0.717, 1.165) is 11.6 Å². The molecule has 0 saturated carbocycles. The van der Waals surface area contributed by atoms with Crippen LogP contribution < -0.4 is 11.1 Å². The maximum absolute atomic E-state index is 11.5. The van der Waals surface area contributed by atoms with Gasteiger partial charge in [-0.3, -0.25) is 9.59 Å². The Labute approximate surface area is 94.1 Å². The van der Waals surface area contributed by atoms with Gasteiger partial charge in [-0.1, -0.05) is 17.7 Å². The van der Waals surface area contributed by atoms with E-state index in [4.69, 9.17) is 5.73 Å². The van der Waals surface area contributed by atoms with Crippen LogP contribution in [0.1, 0.15) is 12.5 Å². The lowest BCUT2D eigenvalue weighted by atomic mass is 10.2. The molecule has 0 unspecified atom stereocenters. The molecule has 0 saturated heterocycles. The highest BCUT2D eigenvalue weighted by atomic mass is 16.2. The van der Waals surface area contributed by atoms with Gasteiger partial charge in [-0.2, -0.15) is 0 Å². The fraction of sp³-hybridized carbons (Fsp3) is 0.167. The predicted octanol–water partition coefficient (Wildman–Crippen LogP) is 1.37. The molecule has 0 fully saturated rings. The number of carbonyl (C=O) groups is 2. The Bertz CT molecular complexity index is 433. The third-order valence-electron chi connectivity index (χ3n) is 2.03. The van der Waals surface area contributed by atoms with Gasteiger partial charge < -0.3 is 11.1 Å². The van der Waals surface area contributed by atoms with Gasteiger partial charge >= 0.3 is 0 Å². The lowest BCUT2D eigenvalue weighted by molar-refractivity contribution is -0.115. The molecule has 0 radical (unpaired) electrons. The molecule has 0 bridgehead atoms. The van der Waals surface area contributed by atoms with E-state index in [2.05, 4.69) is 5.32 Å². The molecule has 0 atom stereocenters. The summed E-state index contributed by atoms with van der Waals surface area (Å²) in [6, 6.07) is 7.38. The second kappa shape index (κ2) is 5.11. The monoisotopic (exact) mass is 218 g/mol. The van der Waals surface area contributed by atoms with Crippen LogP contribution in [0, 0.1) is 6.92 Å². The van der Waals surface area contributed by atoms with Crippen LogP contribution >= 0.6 is 0 Å². The van der Waals surface area contributed by atoms with Crippen molar-refractivity contribution in [1.29, 1.82) is 0 Å². The summed E-state index contributed by atoms with van der Waals surface area (Å²) in [6.07, 6.45) is 1.10. The van der Waals surface area contributed by atoms with E-state index in [1.807, 2.05) is 19.1 Å². The van der Waals surface area contributed by atoms with Crippen molar-refractivity contribution in [3.05, 3.63) is 41.5 Å². The normalized spacial score (nSPS) is 11.0. The van der Waals surface area contributed by atoms with Crippen molar-refractivity contribution >= 4 is 17.5 Å². The van der Waals surface area contributed by atoms with Crippen LogP contribution in [-0.4, -0.2) is 11.8 Å². The van der Waals surface area contributed by atoms with Crippen molar-refractivity contribution < 1.29 is 9.59 Å². The average molecular weight is 218 g/mol. The number of amides is 2. The van der Waals surface area contributed by atoms with Crippen LogP contribution in [0.25, 0.3) is 0 Å². The van der Waals surface area contributed by atoms with Crippen LogP contribution in [0.2, 0.25) is 0 Å². The molecule has 2 amide bonds. The lowest BCUT2D eigenvalue weighted by Crippen LogP contribution is -2.16. The second-order valence-corrected chi connectivity index (χ2v) is 3.55. The van der Waals surface area contributed by atoms with Crippen molar-refractivity contribution in [3.63, 3.8) is 0 Å². The highest BCUT2D eigenvalue weighted by Gasteiger charge is 2.05. The predicted molar refractivity (Wildman–Crippen MR) is 62.8 cm³/mol. The zero-order chi connectivity index (χ0) is 12.1. The molecule has 1 rings (SSSR count). The zero-order valence-corrected chi connectivity index (χ0v) is 9.28. The van der Waals surface area contributed by atoms with E-state index >= 15 is 0 Å².